The molecule has 0 saturated heterocycles. The number of carbonyl (C=O) groups excluding carboxylic acids is 1. The van der Waals surface area contributed by atoms with Gasteiger partial charge in [-0.05, 0) is 72.3 Å². The number of aldehydes is 1. The van der Waals surface area contributed by atoms with E-state index in [2.05, 4.69) is 39.0 Å². The summed E-state index contributed by atoms with van der Waals surface area (Å²) in [5, 5.41) is 0. The van der Waals surface area contributed by atoms with E-state index in [1.807, 2.05) is 6.92 Å². The standard InChI is InChI=1S/C20H31ClO/c1-17(10-6-12-19(3)14-15-22)8-5-9-18(2)11-7-13-20(4)16-21/h9-10,13-15H,5-8,11-12,16H2,1-4H3/b17-10+,18-9+,19-14+,20-13+. The van der Waals surface area contributed by atoms with Crippen molar-refractivity contribution < 1.29 is 4.79 Å². The van der Waals surface area contributed by atoms with Gasteiger partial charge in [0.1, 0.15) is 6.29 Å². The molecule has 0 aromatic rings. The van der Waals surface area contributed by atoms with Crippen LogP contribution in [-0.2, 0) is 4.79 Å². The second-order valence-electron chi connectivity index (χ2n) is 6.05. The molecule has 0 bridgehead atoms. The molecule has 0 radical (unpaired) electrons. The third-order valence-corrected chi connectivity index (χ3v) is 4.08. The average Bonchev–Trinajstić information content (AvgIpc) is 2.47. The van der Waals surface area contributed by atoms with Crippen LogP contribution in [0.3, 0.4) is 0 Å². The number of allylic oxidation sites excluding steroid dienone is 8. The summed E-state index contributed by atoms with van der Waals surface area (Å²) in [6, 6.07) is 0. The first-order chi connectivity index (χ1) is 10.5. The lowest BCUT2D eigenvalue weighted by atomic mass is 10.0. The highest BCUT2D eigenvalue weighted by Gasteiger charge is 1.93. The molecule has 0 atom stereocenters. The summed E-state index contributed by atoms with van der Waals surface area (Å²) >= 11 is 5.75. The number of hydrogen-bond acceptors (Lipinski definition) is 1. The molecule has 0 aromatic carbocycles. The van der Waals surface area contributed by atoms with Crippen molar-refractivity contribution in [3.63, 3.8) is 0 Å². The fourth-order valence-electron chi connectivity index (χ4n) is 2.10. The maximum absolute atomic E-state index is 10.3. The zero-order valence-electron chi connectivity index (χ0n) is 14.6. The molecule has 0 aliphatic heterocycles. The fraction of sp³-hybridized carbons (Fsp3) is 0.550. The average molecular weight is 323 g/mol. The summed E-state index contributed by atoms with van der Waals surface area (Å²) in [5.74, 6) is 0.633. The molecular formula is C20H31ClO. The lowest BCUT2D eigenvalue weighted by Crippen LogP contribution is -1.83. The second kappa shape index (κ2) is 13.6. The molecule has 1 nitrogen and oxygen atoms in total. The Kier molecular flexibility index (Phi) is 12.9. The summed E-state index contributed by atoms with van der Waals surface area (Å²) in [4.78, 5) is 10.3. The third-order valence-electron chi connectivity index (χ3n) is 3.66. The van der Waals surface area contributed by atoms with Crippen molar-refractivity contribution in [2.24, 2.45) is 0 Å². The molecule has 0 spiro atoms. The summed E-state index contributed by atoms with van der Waals surface area (Å²) in [5.41, 5.74) is 5.29. The SMILES string of the molecule is C/C(=C\CC/C(C)=C/CC/C(C)=C/CC/C(C)=C/C=O)CCl. The molecular weight excluding hydrogens is 292 g/mol. The Bertz CT molecular complexity index is 439. The molecule has 0 amide bonds. The summed E-state index contributed by atoms with van der Waals surface area (Å²) in [6.45, 7) is 8.47. The van der Waals surface area contributed by atoms with Crippen molar-refractivity contribution >= 4 is 17.9 Å². The first kappa shape index (κ1) is 20.9. The maximum Gasteiger partial charge on any atom is 0.142 e. The molecule has 0 heterocycles. The number of halogens is 1. The van der Waals surface area contributed by atoms with Gasteiger partial charge in [-0.2, -0.15) is 0 Å². The van der Waals surface area contributed by atoms with Crippen molar-refractivity contribution in [3.05, 3.63) is 46.6 Å². The van der Waals surface area contributed by atoms with Crippen molar-refractivity contribution in [1.29, 1.82) is 0 Å². The highest BCUT2D eigenvalue weighted by molar-refractivity contribution is 6.19. The van der Waals surface area contributed by atoms with Gasteiger partial charge < -0.3 is 0 Å². The smallest absolute Gasteiger partial charge is 0.142 e. The molecule has 0 rings (SSSR count). The van der Waals surface area contributed by atoms with Crippen LogP contribution in [0, 0.1) is 0 Å². The Hall–Kier alpha value is -1.08. The van der Waals surface area contributed by atoms with E-state index in [1.54, 1.807) is 6.08 Å². The van der Waals surface area contributed by atoms with E-state index in [1.165, 1.54) is 16.7 Å². The van der Waals surface area contributed by atoms with Gasteiger partial charge >= 0.3 is 0 Å². The largest absolute Gasteiger partial charge is 0.299 e. The van der Waals surface area contributed by atoms with Gasteiger partial charge in [0.05, 0.1) is 0 Å². The molecule has 0 fully saturated rings. The van der Waals surface area contributed by atoms with Crippen molar-refractivity contribution in [2.75, 3.05) is 5.88 Å². The second-order valence-corrected chi connectivity index (χ2v) is 6.32. The lowest BCUT2D eigenvalue weighted by Gasteiger charge is -2.02. The van der Waals surface area contributed by atoms with Gasteiger partial charge in [0, 0.05) is 5.88 Å². The highest BCUT2D eigenvalue weighted by Crippen LogP contribution is 2.13. The van der Waals surface area contributed by atoms with Gasteiger partial charge in [0.25, 0.3) is 0 Å². The van der Waals surface area contributed by atoms with Crippen LogP contribution in [0.1, 0.15) is 66.2 Å². The van der Waals surface area contributed by atoms with E-state index < -0.39 is 0 Å². The monoisotopic (exact) mass is 322 g/mol. The van der Waals surface area contributed by atoms with Gasteiger partial charge in [-0.1, -0.05) is 40.5 Å². The topological polar surface area (TPSA) is 17.1 Å². The van der Waals surface area contributed by atoms with Crippen LogP contribution in [0.25, 0.3) is 0 Å². The number of alkyl halides is 1. The summed E-state index contributed by atoms with van der Waals surface area (Å²) in [6.07, 6.45) is 15.8. The van der Waals surface area contributed by atoms with Crippen LogP contribution in [0.2, 0.25) is 0 Å². The minimum Gasteiger partial charge on any atom is -0.299 e. The Morgan fingerprint density at radius 1 is 0.727 bits per heavy atom. The Labute approximate surface area is 141 Å². The molecule has 0 aliphatic rings. The van der Waals surface area contributed by atoms with E-state index in [0.717, 1.165) is 50.4 Å². The van der Waals surface area contributed by atoms with E-state index >= 15 is 0 Å². The first-order valence-electron chi connectivity index (χ1n) is 8.13. The molecule has 22 heavy (non-hydrogen) atoms. The molecule has 0 aliphatic carbocycles. The third kappa shape index (κ3) is 12.6. The molecule has 0 N–H and O–H groups in total. The van der Waals surface area contributed by atoms with Crippen molar-refractivity contribution in [2.45, 2.75) is 66.2 Å². The van der Waals surface area contributed by atoms with E-state index in [9.17, 15) is 4.79 Å². The molecule has 2 heteroatoms. The van der Waals surface area contributed by atoms with Gasteiger partial charge in [0.2, 0.25) is 0 Å². The summed E-state index contributed by atoms with van der Waals surface area (Å²) in [7, 11) is 0. The normalized spacial score (nSPS) is 14.4. The van der Waals surface area contributed by atoms with Crippen molar-refractivity contribution in [1.82, 2.24) is 0 Å². The van der Waals surface area contributed by atoms with Crippen LogP contribution < -0.4 is 0 Å². The predicted octanol–water partition coefficient (Wildman–Crippen LogP) is 6.55. The van der Waals surface area contributed by atoms with Crippen LogP contribution in [0.4, 0.5) is 0 Å². The minimum atomic E-state index is 0.633. The van der Waals surface area contributed by atoms with E-state index in [4.69, 9.17) is 11.6 Å². The molecule has 0 aromatic heterocycles. The van der Waals surface area contributed by atoms with Gasteiger partial charge in [-0.15, -0.1) is 11.6 Å². The van der Waals surface area contributed by atoms with Crippen LogP contribution in [0.5, 0.6) is 0 Å². The Balaban J connectivity index is 3.98. The fourth-order valence-corrected chi connectivity index (χ4v) is 2.21. The number of carbonyl (C=O) groups is 1. The molecule has 124 valence electrons. The Morgan fingerprint density at radius 2 is 1.14 bits per heavy atom. The molecule has 0 saturated carbocycles. The Morgan fingerprint density at radius 3 is 1.55 bits per heavy atom. The van der Waals surface area contributed by atoms with E-state index in [-0.39, 0.29) is 0 Å². The van der Waals surface area contributed by atoms with Gasteiger partial charge in [-0.25, -0.2) is 0 Å². The zero-order chi connectivity index (χ0) is 16.8. The van der Waals surface area contributed by atoms with Crippen LogP contribution in [0.15, 0.2) is 46.6 Å². The van der Waals surface area contributed by atoms with Gasteiger partial charge in [0.15, 0.2) is 0 Å². The van der Waals surface area contributed by atoms with Crippen LogP contribution in [-0.4, -0.2) is 12.2 Å². The first-order valence-corrected chi connectivity index (χ1v) is 8.66. The van der Waals surface area contributed by atoms with Crippen LogP contribution >= 0.6 is 11.6 Å². The van der Waals surface area contributed by atoms with Crippen molar-refractivity contribution in [3.8, 4) is 0 Å². The zero-order valence-corrected chi connectivity index (χ0v) is 15.4. The van der Waals surface area contributed by atoms with E-state index in [0.29, 0.717) is 5.88 Å². The molecule has 0 unspecified atom stereocenters. The predicted molar refractivity (Wildman–Crippen MR) is 99.5 cm³/mol. The maximum atomic E-state index is 10.3. The number of hydrogen-bond donors (Lipinski definition) is 0. The minimum absolute atomic E-state index is 0.633. The van der Waals surface area contributed by atoms with Gasteiger partial charge in [-0.3, -0.25) is 4.79 Å². The quantitative estimate of drug-likeness (QED) is 0.182. The lowest BCUT2D eigenvalue weighted by molar-refractivity contribution is -0.104. The summed E-state index contributed by atoms with van der Waals surface area (Å²) < 4.78 is 0. The number of rotatable bonds is 11. The highest BCUT2D eigenvalue weighted by atomic mass is 35.5.